The first-order chi connectivity index (χ1) is 7.18. The van der Waals surface area contributed by atoms with Crippen molar-refractivity contribution in [2.45, 2.75) is 46.3 Å². The first-order valence-corrected chi connectivity index (χ1v) is 5.33. The van der Waals surface area contributed by atoms with E-state index in [9.17, 15) is 0 Å². The molecular weight excluding hydrogens is 206 g/mol. The number of nitrogens with two attached hydrogens (primary N) is 1. The van der Waals surface area contributed by atoms with Crippen molar-refractivity contribution in [2.24, 2.45) is 11.1 Å². The van der Waals surface area contributed by atoms with E-state index in [0.717, 1.165) is 0 Å². The van der Waals surface area contributed by atoms with E-state index in [-0.39, 0.29) is 11.5 Å². The van der Waals surface area contributed by atoms with Gasteiger partial charge in [-0.3, -0.25) is 0 Å². The maximum absolute atomic E-state index is 6.03. The molecule has 0 aliphatic heterocycles. The summed E-state index contributed by atoms with van der Waals surface area (Å²) >= 11 is 0. The molecule has 2 N–H and O–H groups in total. The highest BCUT2D eigenvalue weighted by molar-refractivity contribution is 5.01. The molecule has 0 unspecified atom stereocenters. The molecule has 1 aromatic rings. The van der Waals surface area contributed by atoms with Gasteiger partial charge in [0, 0.05) is 7.11 Å². The predicted octanol–water partition coefficient (Wildman–Crippen LogP) is 2.00. The lowest BCUT2D eigenvalue weighted by atomic mass is 9.87. The van der Waals surface area contributed by atoms with Crippen molar-refractivity contribution >= 4 is 0 Å². The Morgan fingerprint density at radius 1 is 1.25 bits per heavy atom. The first-order valence-electron chi connectivity index (χ1n) is 5.33. The van der Waals surface area contributed by atoms with Crippen LogP contribution in [-0.4, -0.2) is 17.3 Å². The number of aromatic nitrogens is 2. The van der Waals surface area contributed by atoms with Gasteiger partial charge in [0.25, 0.3) is 0 Å². The van der Waals surface area contributed by atoms with Crippen LogP contribution in [0.1, 0.15) is 52.4 Å². The van der Waals surface area contributed by atoms with E-state index in [1.807, 2.05) is 34.6 Å². The molecule has 5 heteroatoms. The van der Waals surface area contributed by atoms with Crippen LogP contribution in [0.4, 0.5) is 0 Å². The summed E-state index contributed by atoms with van der Waals surface area (Å²) in [5.41, 5.74) is 5.37. The lowest BCUT2D eigenvalue weighted by molar-refractivity contribution is 0.00973. The van der Waals surface area contributed by atoms with Crippen LogP contribution < -0.4 is 5.73 Å². The Morgan fingerprint density at radius 2 is 1.81 bits per heavy atom. The van der Waals surface area contributed by atoms with E-state index in [2.05, 4.69) is 10.1 Å². The SMILES string of the molecule is COC(C)(C)c1noc([C@@H](N)C(C)(C)C)n1. The Balaban J connectivity index is 2.96. The Bertz CT molecular complexity index is 352. The molecule has 0 aliphatic carbocycles. The number of hydrogen-bond donors (Lipinski definition) is 1. The smallest absolute Gasteiger partial charge is 0.244 e. The second kappa shape index (κ2) is 4.14. The molecule has 0 bridgehead atoms. The topological polar surface area (TPSA) is 74.2 Å². The second-order valence-electron chi connectivity index (χ2n) is 5.51. The summed E-state index contributed by atoms with van der Waals surface area (Å²) in [6, 6.07) is -0.276. The van der Waals surface area contributed by atoms with Crippen molar-refractivity contribution in [1.82, 2.24) is 10.1 Å². The highest BCUT2D eigenvalue weighted by atomic mass is 16.5. The zero-order chi connectivity index (χ0) is 12.6. The molecule has 0 aromatic carbocycles. The van der Waals surface area contributed by atoms with E-state index >= 15 is 0 Å². The van der Waals surface area contributed by atoms with Crippen molar-refractivity contribution in [1.29, 1.82) is 0 Å². The van der Waals surface area contributed by atoms with E-state index < -0.39 is 5.60 Å². The summed E-state index contributed by atoms with van der Waals surface area (Å²) in [7, 11) is 1.61. The second-order valence-corrected chi connectivity index (χ2v) is 5.51. The summed E-state index contributed by atoms with van der Waals surface area (Å²) in [5, 5.41) is 3.90. The van der Waals surface area contributed by atoms with Crippen molar-refractivity contribution in [3.05, 3.63) is 11.7 Å². The summed E-state index contributed by atoms with van der Waals surface area (Å²) in [6.07, 6.45) is 0. The maximum Gasteiger partial charge on any atom is 0.244 e. The molecule has 0 saturated carbocycles. The highest BCUT2D eigenvalue weighted by Gasteiger charge is 2.31. The highest BCUT2D eigenvalue weighted by Crippen LogP contribution is 2.30. The van der Waals surface area contributed by atoms with E-state index in [1.54, 1.807) is 7.11 Å². The predicted molar refractivity (Wildman–Crippen MR) is 60.7 cm³/mol. The minimum Gasteiger partial charge on any atom is -0.371 e. The van der Waals surface area contributed by atoms with Gasteiger partial charge in [0.1, 0.15) is 5.60 Å². The molecule has 5 nitrogen and oxygen atoms in total. The van der Waals surface area contributed by atoms with Gasteiger partial charge in [-0.25, -0.2) is 0 Å². The van der Waals surface area contributed by atoms with Gasteiger partial charge in [-0.05, 0) is 19.3 Å². The lowest BCUT2D eigenvalue weighted by Gasteiger charge is -2.23. The summed E-state index contributed by atoms with van der Waals surface area (Å²) in [4.78, 5) is 4.29. The van der Waals surface area contributed by atoms with Crippen LogP contribution in [0.2, 0.25) is 0 Å². The molecule has 0 aliphatic rings. The number of nitrogens with zero attached hydrogens (tertiary/aromatic N) is 2. The van der Waals surface area contributed by atoms with E-state index in [0.29, 0.717) is 11.7 Å². The largest absolute Gasteiger partial charge is 0.371 e. The van der Waals surface area contributed by atoms with Gasteiger partial charge in [0.2, 0.25) is 11.7 Å². The third kappa shape index (κ3) is 2.59. The average molecular weight is 227 g/mol. The van der Waals surface area contributed by atoms with Crippen LogP contribution >= 0.6 is 0 Å². The minimum atomic E-state index is -0.556. The van der Waals surface area contributed by atoms with Crippen molar-refractivity contribution in [3.63, 3.8) is 0 Å². The fourth-order valence-corrected chi connectivity index (χ4v) is 1.07. The van der Waals surface area contributed by atoms with E-state index in [1.165, 1.54) is 0 Å². The Kier molecular flexibility index (Phi) is 3.40. The van der Waals surface area contributed by atoms with E-state index in [4.69, 9.17) is 15.0 Å². The van der Waals surface area contributed by atoms with Crippen LogP contribution in [0, 0.1) is 5.41 Å². The standard InChI is InChI=1S/C11H21N3O2/c1-10(2,3)7(12)8-13-9(14-16-8)11(4,5)15-6/h7H,12H2,1-6H3/t7-/m1/s1. The normalized spacial score (nSPS) is 15.2. The maximum atomic E-state index is 6.03. The lowest BCUT2D eigenvalue weighted by Crippen LogP contribution is -2.27. The van der Waals surface area contributed by atoms with Gasteiger partial charge < -0.3 is 15.0 Å². The van der Waals surface area contributed by atoms with Crippen molar-refractivity contribution < 1.29 is 9.26 Å². The van der Waals surface area contributed by atoms with Crippen LogP contribution in [0.15, 0.2) is 4.52 Å². The fourth-order valence-electron chi connectivity index (χ4n) is 1.07. The minimum absolute atomic E-state index is 0.110. The summed E-state index contributed by atoms with van der Waals surface area (Å²) in [5.74, 6) is 0.970. The average Bonchev–Trinajstić information content (AvgIpc) is 2.64. The monoisotopic (exact) mass is 227 g/mol. The van der Waals surface area contributed by atoms with Crippen LogP contribution in [0.25, 0.3) is 0 Å². The molecule has 1 heterocycles. The van der Waals surface area contributed by atoms with Gasteiger partial charge in [0.15, 0.2) is 0 Å². The number of methoxy groups -OCH3 is 1. The summed E-state index contributed by atoms with van der Waals surface area (Å²) in [6.45, 7) is 9.85. The Morgan fingerprint density at radius 3 is 2.25 bits per heavy atom. The first kappa shape index (κ1) is 13.1. The zero-order valence-corrected chi connectivity index (χ0v) is 10.9. The number of ether oxygens (including phenoxy) is 1. The van der Waals surface area contributed by atoms with Crippen LogP contribution in [-0.2, 0) is 10.3 Å². The molecule has 0 saturated heterocycles. The molecular formula is C11H21N3O2. The van der Waals surface area contributed by atoms with Gasteiger partial charge in [0.05, 0.1) is 6.04 Å². The van der Waals surface area contributed by atoms with Crippen molar-refractivity contribution in [3.8, 4) is 0 Å². The zero-order valence-electron chi connectivity index (χ0n) is 10.9. The molecule has 0 fully saturated rings. The van der Waals surface area contributed by atoms with Gasteiger partial charge in [-0.15, -0.1) is 0 Å². The molecule has 0 radical (unpaired) electrons. The molecule has 92 valence electrons. The Labute approximate surface area is 96.4 Å². The third-order valence-electron chi connectivity index (χ3n) is 2.69. The quantitative estimate of drug-likeness (QED) is 0.854. The van der Waals surface area contributed by atoms with Gasteiger partial charge in [-0.1, -0.05) is 25.9 Å². The van der Waals surface area contributed by atoms with Gasteiger partial charge in [-0.2, -0.15) is 4.98 Å². The molecule has 0 spiro atoms. The number of hydrogen-bond acceptors (Lipinski definition) is 5. The fraction of sp³-hybridized carbons (Fsp3) is 0.818. The summed E-state index contributed by atoms with van der Waals surface area (Å²) < 4.78 is 10.5. The van der Waals surface area contributed by atoms with Crippen LogP contribution in [0.5, 0.6) is 0 Å². The molecule has 0 amide bonds. The molecule has 16 heavy (non-hydrogen) atoms. The van der Waals surface area contributed by atoms with Crippen molar-refractivity contribution in [2.75, 3.05) is 7.11 Å². The van der Waals surface area contributed by atoms with Gasteiger partial charge >= 0.3 is 0 Å². The Hall–Kier alpha value is -0.940. The third-order valence-corrected chi connectivity index (χ3v) is 2.69. The number of rotatable bonds is 3. The molecule has 1 rings (SSSR count). The molecule has 1 atom stereocenters. The molecule has 1 aromatic heterocycles. The van der Waals surface area contributed by atoms with Crippen LogP contribution in [0.3, 0.4) is 0 Å².